The fraction of sp³-hybridized carbons (Fsp3) is 0.545. The van der Waals surface area contributed by atoms with Gasteiger partial charge < -0.3 is 0 Å². The summed E-state index contributed by atoms with van der Waals surface area (Å²) < 4.78 is 99.8. The number of hydrogen-bond donors (Lipinski definition) is 1. The van der Waals surface area contributed by atoms with E-state index in [4.69, 9.17) is 11.0 Å². The summed E-state index contributed by atoms with van der Waals surface area (Å²) in [5.41, 5.74) is -4.87. The number of piperidine rings is 2. The van der Waals surface area contributed by atoms with E-state index in [-0.39, 0.29) is 12.8 Å². The van der Waals surface area contributed by atoms with Crippen LogP contribution in [0.15, 0.2) is 6.07 Å². The average molecular weight is 442 g/mol. The number of benzene rings is 1. The van der Waals surface area contributed by atoms with Crippen LogP contribution in [0.25, 0.3) is 0 Å². The van der Waals surface area contributed by atoms with Gasteiger partial charge in [-0.05, 0) is 64.9 Å². The molecule has 7 nitrogen and oxygen atoms in total. The Morgan fingerprint density at radius 2 is 1.74 bits per heavy atom. The van der Waals surface area contributed by atoms with Crippen LogP contribution >= 0.6 is 0 Å². The van der Waals surface area contributed by atoms with E-state index < -0.39 is 95.2 Å². The van der Waals surface area contributed by atoms with E-state index in [1.54, 1.807) is 0 Å². The van der Waals surface area contributed by atoms with E-state index in [1.807, 2.05) is 5.32 Å². The molecule has 0 aliphatic carbocycles. The van der Waals surface area contributed by atoms with Crippen LogP contribution in [0.3, 0.4) is 0 Å². The first-order valence-electron chi connectivity index (χ1n) is 13.6. The van der Waals surface area contributed by atoms with Crippen molar-refractivity contribution in [3.63, 3.8) is 0 Å². The van der Waals surface area contributed by atoms with Crippen molar-refractivity contribution >= 4 is 23.6 Å². The lowest BCUT2D eigenvalue weighted by Gasteiger charge is -2.41. The van der Waals surface area contributed by atoms with Crippen LogP contribution in [-0.4, -0.2) is 58.0 Å². The van der Waals surface area contributed by atoms with Gasteiger partial charge in [0.15, 0.2) is 0 Å². The highest BCUT2D eigenvalue weighted by Gasteiger charge is 2.47. The summed E-state index contributed by atoms with van der Waals surface area (Å²) in [6.45, 7) is -2.71. The van der Waals surface area contributed by atoms with Crippen molar-refractivity contribution in [1.82, 2.24) is 15.1 Å². The minimum absolute atomic E-state index is 0.247. The molecular formula is C22H25F2N3O4. The number of rotatable bonds is 2. The molecule has 0 saturated carbocycles. The molecule has 1 N–H and O–H groups in total. The summed E-state index contributed by atoms with van der Waals surface area (Å²) in [6.07, 6.45) is -7.51. The van der Waals surface area contributed by atoms with E-state index >= 15 is 8.78 Å². The Hall–Kier alpha value is -2.68. The third kappa shape index (κ3) is 3.54. The van der Waals surface area contributed by atoms with Gasteiger partial charge in [0.25, 0.3) is 11.8 Å². The van der Waals surface area contributed by atoms with Crippen LogP contribution < -0.4 is 5.32 Å². The number of amides is 4. The second-order valence-electron chi connectivity index (χ2n) is 8.41. The van der Waals surface area contributed by atoms with E-state index in [1.165, 1.54) is 20.8 Å². The molecule has 0 bridgehead atoms. The Kier molecular flexibility index (Phi) is 3.30. The summed E-state index contributed by atoms with van der Waals surface area (Å²) in [4.78, 5) is 50.6. The second-order valence-corrected chi connectivity index (χ2v) is 8.41. The standard InChI is InChI=1S/C22H25F2N3O4/c1-22(2,3)26-8-6-11(7-9-26)16-13(23)10-12-17(18(16)24)21(31)27(20(12)30)14-4-5-15(28)25-19(14)29/h10-11,14H,4-9H2,1-3H3,(H,25,28,29)/t14-/m1/s1/i6D2,7D2,8D2,9D2. The number of imide groups is 2. The van der Waals surface area contributed by atoms with Gasteiger partial charge in [0.2, 0.25) is 11.8 Å². The van der Waals surface area contributed by atoms with Gasteiger partial charge in [-0.25, -0.2) is 8.78 Å². The van der Waals surface area contributed by atoms with Crippen molar-refractivity contribution in [1.29, 1.82) is 0 Å². The summed E-state index contributed by atoms with van der Waals surface area (Å²) in [5, 5.41) is 1.94. The van der Waals surface area contributed by atoms with Crippen molar-refractivity contribution in [3.8, 4) is 0 Å². The summed E-state index contributed by atoms with van der Waals surface area (Å²) in [5.74, 6) is -10.7. The average Bonchev–Trinajstić information content (AvgIpc) is 2.98. The minimum atomic E-state index is -3.49. The Balaban J connectivity index is 1.93. The molecule has 0 aromatic heterocycles. The Morgan fingerprint density at radius 3 is 2.32 bits per heavy atom. The van der Waals surface area contributed by atoms with Gasteiger partial charge in [0.1, 0.15) is 17.7 Å². The summed E-state index contributed by atoms with van der Waals surface area (Å²) in [6, 6.07) is -1.16. The number of fused-ring (bicyclic) bond motifs is 1. The largest absolute Gasteiger partial charge is 0.298 e. The molecule has 0 radical (unpaired) electrons. The zero-order valence-corrected chi connectivity index (χ0v) is 16.9. The molecule has 1 atom stereocenters. The number of hydrogen-bond acceptors (Lipinski definition) is 5. The number of nitrogens with zero attached hydrogens (tertiary/aromatic N) is 2. The lowest BCUT2D eigenvalue weighted by molar-refractivity contribution is -0.136. The fourth-order valence-corrected chi connectivity index (χ4v) is 3.63. The molecule has 3 heterocycles. The third-order valence-corrected chi connectivity index (χ3v) is 5.26. The van der Waals surface area contributed by atoms with Gasteiger partial charge in [-0.15, -0.1) is 0 Å². The van der Waals surface area contributed by atoms with E-state index in [9.17, 15) is 19.2 Å². The minimum Gasteiger partial charge on any atom is -0.298 e. The van der Waals surface area contributed by atoms with Crippen molar-refractivity contribution < 1.29 is 38.9 Å². The molecule has 2 saturated heterocycles. The fourth-order valence-electron chi connectivity index (χ4n) is 3.63. The molecule has 1 aromatic rings. The number of likely N-dealkylation sites (tertiary alicyclic amines) is 1. The van der Waals surface area contributed by atoms with Gasteiger partial charge in [0.05, 0.1) is 11.1 Å². The van der Waals surface area contributed by atoms with E-state index in [2.05, 4.69) is 0 Å². The first kappa shape index (κ1) is 13.7. The Morgan fingerprint density at radius 1 is 1.10 bits per heavy atom. The van der Waals surface area contributed by atoms with Gasteiger partial charge >= 0.3 is 0 Å². The molecule has 4 rings (SSSR count). The molecular weight excluding hydrogens is 408 g/mol. The SMILES string of the molecule is [2H]C1([2H])C(c2c(F)cc3c(c2F)C(=O)N([C@@H]2CCC(=O)NC2=O)C3=O)C([2H])([2H])C([2H])([2H])N(C(C)(C)C)C1([2H])[2H]. The van der Waals surface area contributed by atoms with E-state index in [0.29, 0.717) is 15.9 Å². The topological polar surface area (TPSA) is 86.8 Å². The monoisotopic (exact) mass is 441 g/mol. The van der Waals surface area contributed by atoms with Crippen LogP contribution in [0.1, 0.15) is 89.5 Å². The Labute approximate surface area is 190 Å². The van der Waals surface area contributed by atoms with Gasteiger partial charge in [0, 0.05) is 28.5 Å². The number of nitrogens with one attached hydrogen (secondary N) is 1. The molecule has 3 aliphatic rings. The quantitative estimate of drug-likeness (QED) is 0.712. The molecule has 1 aromatic carbocycles. The molecule has 9 heteroatoms. The van der Waals surface area contributed by atoms with Crippen LogP contribution in [0, 0.1) is 11.6 Å². The van der Waals surface area contributed by atoms with Crippen molar-refractivity contribution in [2.75, 3.05) is 13.0 Å². The van der Waals surface area contributed by atoms with Crippen LogP contribution in [-0.2, 0) is 9.59 Å². The first-order valence-corrected chi connectivity index (χ1v) is 9.56. The van der Waals surface area contributed by atoms with Crippen LogP contribution in [0.4, 0.5) is 8.78 Å². The van der Waals surface area contributed by atoms with Crippen molar-refractivity contribution in [2.45, 2.75) is 63.9 Å². The van der Waals surface area contributed by atoms with Crippen LogP contribution in [0.2, 0.25) is 0 Å². The zero-order chi connectivity index (χ0) is 29.8. The molecule has 166 valence electrons. The van der Waals surface area contributed by atoms with Gasteiger partial charge in [-0.1, -0.05) is 0 Å². The normalized spacial score (nSPS) is 33.7. The maximum absolute atomic E-state index is 16.1. The molecule has 3 aliphatic heterocycles. The lowest BCUT2D eigenvalue weighted by atomic mass is 9.85. The molecule has 4 amide bonds. The molecule has 0 spiro atoms. The van der Waals surface area contributed by atoms with Crippen LogP contribution in [0.5, 0.6) is 0 Å². The number of carbonyl (C=O) groups excluding carboxylic acids is 4. The van der Waals surface area contributed by atoms with Gasteiger partial charge in [-0.3, -0.25) is 34.3 Å². The zero-order valence-electron chi connectivity index (χ0n) is 24.9. The summed E-state index contributed by atoms with van der Waals surface area (Å²) in [7, 11) is 0. The molecule has 2 fully saturated rings. The summed E-state index contributed by atoms with van der Waals surface area (Å²) >= 11 is 0. The highest BCUT2D eigenvalue weighted by molar-refractivity contribution is 6.23. The smallest absolute Gasteiger partial charge is 0.265 e. The molecule has 31 heavy (non-hydrogen) atoms. The van der Waals surface area contributed by atoms with Gasteiger partial charge in [-0.2, -0.15) is 0 Å². The second kappa shape index (κ2) is 7.47. The lowest BCUT2D eigenvalue weighted by Crippen LogP contribution is -2.54. The third-order valence-electron chi connectivity index (χ3n) is 5.26. The number of halogens is 2. The highest BCUT2D eigenvalue weighted by atomic mass is 19.1. The first-order chi connectivity index (χ1) is 17.5. The van der Waals surface area contributed by atoms with Crippen molar-refractivity contribution in [2.24, 2.45) is 0 Å². The van der Waals surface area contributed by atoms with Crippen molar-refractivity contribution in [3.05, 3.63) is 34.4 Å². The Bertz CT molecular complexity index is 1300. The molecule has 0 unspecified atom stereocenters. The van der Waals surface area contributed by atoms with E-state index in [0.717, 1.165) is 0 Å². The highest BCUT2D eigenvalue weighted by Crippen LogP contribution is 2.38. The maximum atomic E-state index is 16.1. The number of carbonyl (C=O) groups is 4. The predicted octanol–water partition coefficient (Wildman–Crippen LogP) is 2.34. The maximum Gasteiger partial charge on any atom is 0.265 e. The predicted molar refractivity (Wildman–Crippen MR) is 106 cm³/mol.